The van der Waals surface area contributed by atoms with Crippen LogP contribution in [-0.4, -0.2) is 17.5 Å². The van der Waals surface area contributed by atoms with Crippen molar-refractivity contribution in [3.8, 4) is 5.75 Å². The van der Waals surface area contributed by atoms with E-state index in [4.69, 9.17) is 4.74 Å². The quantitative estimate of drug-likeness (QED) is 0.787. The molecule has 0 atom stereocenters. The van der Waals surface area contributed by atoms with Crippen LogP contribution >= 0.6 is 0 Å². The van der Waals surface area contributed by atoms with Crippen molar-refractivity contribution in [2.24, 2.45) is 0 Å². The van der Waals surface area contributed by atoms with E-state index in [1.807, 2.05) is 31.2 Å². The lowest BCUT2D eigenvalue weighted by atomic mass is 10.1. The maximum Gasteiger partial charge on any atom is 0.323 e. The standard InChI is InChI=1S/C18H19N3O3/c1-11-4-6-12(7-5-11)19-17(23)20-13-8-9-14-15(10-13)24-18(2,3)16(22)21-14/h4-10H,1-3H3,(H,21,22)(H2,19,20,23). The van der Waals surface area contributed by atoms with Gasteiger partial charge in [0.25, 0.3) is 5.91 Å². The number of urea groups is 1. The van der Waals surface area contributed by atoms with Gasteiger partial charge in [-0.1, -0.05) is 17.7 Å². The van der Waals surface area contributed by atoms with Gasteiger partial charge < -0.3 is 20.7 Å². The van der Waals surface area contributed by atoms with E-state index in [-0.39, 0.29) is 11.9 Å². The summed E-state index contributed by atoms with van der Waals surface area (Å²) in [7, 11) is 0. The van der Waals surface area contributed by atoms with Gasteiger partial charge in [0.2, 0.25) is 0 Å². The van der Waals surface area contributed by atoms with E-state index in [1.54, 1.807) is 32.0 Å². The highest BCUT2D eigenvalue weighted by Gasteiger charge is 2.35. The summed E-state index contributed by atoms with van der Waals surface area (Å²) in [5, 5.41) is 8.29. The SMILES string of the molecule is Cc1ccc(NC(=O)Nc2ccc3c(c2)OC(C)(C)C(=O)N3)cc1. The second kappa shape index (κ2) is 5.88. The van der Waals surface area contributed by atoms with E-state index in [2.05, 4.69) is 16.0 Å². The normalized spacial score (nSPS) is 14.9. The zero-order chi connectivity index (χ0) is 17.3. The van der Waals surface area contributed by atoms with E-state index >= 15 is 0 Å². The fraction of sp³-hybridized carbons (Fsp3) is 0.222. The van der Waals surface area contributed by atoms with Gasteiger partial charge in [-0.15, -0.1) is 0 Å². The maximum absolute atomic E-state index is 12.1. The highest BCUT2D eigenvalue weighted by Crippen LogP contribution is 2.35. The molecule has 3 N–H and O–H groups in total. The molecule has 0 aromatic heterocycles. The number of carbonyl (C=O) groups is 2. The average molecular weight is 325 g/mol. The molecule has 0 spiro atoms. The van der Waals surface area contributed by atoms with Crippen molar-refractivity contribution in [2.75, 3.05) is 16.0 Å². The molecule has 0 fully saturated rings. The molecule has 0 saturated carbocycles. The monoisotopic (exact) mass is 325 g/mol. The highest BCUT2D eigenvalue weighted by atomic mass is 16.5. The molecule has 3 rings (SSSR count). The third kappa shape index (κ3) is 3.32. The lowest BCUT2D eigenvalue weighted by Crippen LogP contribution is -2.45. The molecule has 6 heteroatoms. The smallest absolute Gasteiger partial charge is 0.323 e. The number of aryl methyl sites for hydroxylation is 1. The predicted octanol–water partition coefficient (Wildman–Crippen LogP) is 3.75. The van der Waals surface area contributed by atoms with Gasteiger partial charge in [0.1, 0.15) is 5.75 Å². The van der Waals surface area contributed by atoms with E-state index in [0.29, 0.717) is 22.8 Å². The molecule has 124 valence electrons. The van der Waals surface area contributed by atoms with E-state index in [9.17, 15) is 9.59 Å². The fourth-order valence-corrected chi connectivity index (χ4v) is 2.31. The zero-order valence-electron chi connectivity index (χ0n) is 13.8. The molecule has 0 saturated heterocycles. The van der Waals surface area contributed by atoms with Gasteiger partial charge in [-0.25, -0.2) is 4.79 Å². The average Bonchev–Trinajstić information content (AvgIpc) is 2.50. The van der Waals surface area contributed by atoms with Gasteiger partial charge in [0, 0.05) is 17.4 Å². The summed E-state index contributed by atoms with van der Waals surface area (Å²) in [5.41, 5.74) is 2.04. The van der Waals surface area contributed by atoms with E-state index in [1.165, 1.54) is 0 Å². The Hall–Kier alpha value is -3.02. The molecular weight excluding hydrogens is 306 g/mol. The molecule has 1 aliphatic rings. The third-order valence-electron chi connectivity index (χ3n) is 3.71. The summed E-state index contributed by atoms with van der Waals surface area (Å²) in [6, 6.07) is 12.3. The lowest BCUT2D eigenvalue weighted by Gasteiger charge is -2.31. The number of amides is 3. The van der Waals surface area contributed by atoms with Crippen LogP contribution in [0, 0.1) is 6.92 Å². The van der Waals surface area contributed by atoms with Crippen LogP contribution in [0.1, 0.15) is 19.4 Å². The Balaban J connectivity index is 1.71. The fourth-order valence-electron chi connectivity index (χ4n) is 2.31. The van der Waals surface area contributed by atoms with Gasteiger partial charge in [-0.05, 0) is 45.0 Å². The van der Waals surface area contributed by atoms with Gasteiger partial charge in [0.15, 0.2) is 5.60 Å². The molecule has 2 aromatic rings. The number of hydrogen-bond acceptors (Lipinski definition) is 3. The maximum atomic E-state index is 12.1. The van der Waals surface area contributed by atoms with Crippen LogP contribution < -0.4 is 20.7 Å². The second-order valence-electron chi connectivity index (χ2n) is 6.22. The van der Waals surface area contributed by atoms with Crippen LogP contribution in [-0.2, 0) is 4.79 Å². The molecule has 6 nitrogen and oxygen atoms in total. The predicted molar refractivity (Wildman–Crippen MR) is 93.6 cm³/mol. The van der Waals surface area contributed by atoms with Crippen molar-refractivity contribution in [3.63, 3.8) is 0 Å². The molecule has 1 heterocycles. The van der Waals surface area contributed by atoms with Crippen molar-refractivity contribution >= 4 is 29.0 Å². The Labute approximate surface area is 140 Å². The van der Waals surface area contributed by atoms with Crippen molar-refractivity contribution in [1.29, 1.82) is 0 Å². The molecule has 1 aliphatic heterocycles. The third-order valence-corrected chi connectivity index (χ3v) is 3.71. The van der Waals surface area contributed by atoms with Crippen molar-refractivity contribution in [1.82, 2.24) is 0 Å². The van der Waals surface area contributed by atoms with Crippen molar-refractivity contribution in [3.05, 3.63) is 48.0 Å². The number of carbonyl (C=O) groups excluding carboxylic acids is 2. The first-order valence-corrected chi connectivity index (χ1v) is 7.63. The van der Waals surface area contributed by atoms with Gasteiger partial charge in [-0.3, -0.25) is 4.79 Å². The van der Waals surface area contributed by atoms with Gasteiger partial charge in [-0.2, -0.15) is 0 Å². The zero-order valence-corrected chi connectivity index (χ0v) is 13.8. The number of anilines is 3. The summed E-state index contributed by atoms with van der Waals surface area (Å²) in [5.74, 6) is 0.320. The van der Waals surface area contributed by atoms with Crippen LogP contribution in [0.25, 0.3) is 0 Å². The number of benzene rings is 2. The first-order valence-electron chi connectivity index (χ1n) is 7.63. The summed E-state index contributed by atoms with van der Waals surface area (Å²) in [6.07, 6.45) is 0. The molecule has 24 heavy (non-hydrogen) atoms. The summed E-state index contributed by atoms with van der Waals surface area (Å²) in [4.78, 5) is 23.9. The number of nitrogens with one attached hydrogen (secondary N) is 3. The molecular formula is C18H19N3O3. The highest BCUT2D eigenvalue weighted by molar-refractivity contribution is 6.02. The van der Waals surface area contributed by atoms with Crippen LogP contribution in [0.4, 0.5) is 21.9 Å². The molecule has 0 unspecified atom stereocenters. The van der Waals surface area contributed by atoms with Crippen molar-refractivity contribution in [2.45, 2.75) is 26.4 Å². The minimum Gasteiger partial charge on any atom is -0.476 e. The van der Waals surface area contributed by atoms with Crippen LogP contribution in [0.5, 0.6) is 5.75 Å². The first kappa shape index (κ1) is 15.9. The first-order chi connectivity index (χ1) is 11.3. The summed E-state index contributed by atoms with van der Waals surface area (Å²) < 4.78 is 5.70. The van der Waals surface area contributed by atoms with E-state index < -0.39 is 5.60 Å². The Morgan fingerprint density at radius 1 is 1.04 bits per heavy atom. The van der Waals surface area contributed by atoms with Crippen LogP contribution in [0.2, 0.25) is 0 Å². The lowest BCUT2D eigenvalue weighted by molar-refractivity contribution is -0.129. The molecule has 0 radical (unpaired) electrons. The molecule has 0 bridgehead atoms. The Kier molecular flexibility index (Phi) is 3.89. The Morgan fingerprint density at radius 3 is 2.38 bits per heavy atom. The minimum atomic E-state index is -0.949. The topological polar surface area (TPSA) is 79.5 Å². The van der Waals surface area contributed by atoms with Crippen LogP contribution in [0.3, 0.4) is 0 Å². The summed E-state index contributed by atoms with van der Waals surface area (Å²) >= 11 is 0. The van der Waals surface area contributed by atoms with Crippen LogP contribution in [0.15, 0.2) is 42.5 Å². The second-order valence-corrected chi connectivity index (χ2v) is 6.22. The van der Waals surface area contributed by atoms with E-state index in [0.717, 1.165) is 5.56 Å². The minimum absolute atomic E-state index is 0.201. The summed E-state index contributed by atoms with van der Waals surface area (Å²) in [6.45, 7) is 5.36. The number of rotatable bonds is 2. The number of hydrogen-bond donors (Lipinski definition) is 3. The number of ether oxygens (including phenoxy) is 1. The van der Waals surface area contributed by atoms with Crippen molar-refractivity contribution < 1.29 is 14.3 Å². The molecule has 3 amide bonds. The largest absolute Gasteiger partial charge is 0.476 e. The Bertz CT molecular complexity index is 798. The number of fused-ring (bicyclic) bond motifs is 1. The molecule has 0 aliphatic carbocycles. The van der Waals surface area contributed by atoms with Gasteiger partial charge >= 0.3 is 6.03 Å². The molecule has 2 aromatic carbocycles. The Morgan fingerprint density at radius 2 is 1.67 bits per heavy atom. The van der Waals surface area contributed by atoms with Gasteiger partial charge in [0.05, 0.1) is 5.69 Å².